The van der Waals surface area contributed by atoms with Gasteiger partial charge >= 0.3 is 0 Å². The van der Waals surface area contributed by atoms with Crippen molar-refractivity contribution in [2.24, 2.45) is 0 Å². The van der Waals surface area contributed by atoms with Crippen LogP contribution >= 0.6 is 0 Å². The largest absolute Gasteiger partial charge is 0.494 e. The summed E-state index contributed by atoms with van der Waals surface area (Å²) in [6.07, 6.45) is 6.47. The van der Waals surface area contributed by atoms with Crippen LogP contribution in [0.25, 0.3) is 0 Å². The Morgan fingerprint density at radius 2 is 2.00 bits per heavy atom. The van der Waals surface area contributed by atoms with Crippen molar-refractivity contribution in [2.45, 2.75) is 65.5 Å². The summed E-state index contributed by atoms with van der Waals surface area (Å²) in [5.41, 5.74) is 1.31. The molecule has 0 bridgehead atoms. The number of ether oxygens (including phenoxy) is 1. The molecule has 1 N–H and O–H groups in total. The molecule has 0 heterocycles. The second kappa shape index (κ2) is 9.85. The van der Waals surface area contributed by atoms with Gasteiger partial charge in [-0.2, -0.15) is 0 Å². The van der Waals surface area contributed by atoms with Gasteiger partial charge in [0.2, 0.25) is 0 Å². The number of nitrogens with one attached hydrogen (secondary N) is 1. The average molecular weight is 263 g/mol. The SMILES string of the molecule is CCCCCC(CC)NCc1cccc(OCC)c1. The maximum absolute atomic E-state index is 5.53. The van der Waals surface area contributed by atoms with Gasteiger partial charge in [-0.3, -0.25) is 0 Å². The highest BCUT2D eigenvalue weighted by atomic mass is 16.5. The molecule has 0 amide bonds. The molecule has 0 aliphatic heterocycles. The van der Waals surface area contributed by atoms with Gasteiger partial charge in [0.1, 0.15) is 5.75 Å². The molecule has 1 rings (SSSR count). The van der Waals surface area contributed by atoms with Gasteiger partial charge in [0.05, 0.1) is 6.61 Å². The average Bonchev–Trinajstić information content (AvgIpc) is 2.43. The molecule has 2 heteroatoms. The van der Waals surface area contributed by atoms with Gasteiger partial charge in [-0.15, -0.1) is 0 Å². The molecule has 0 fully saturated rings. The minimum Gasteiger partial charge on any atom is -0.494 e. The van der Waals surface area contributed by atoms with E-state index in [-0.39, 0.29) is 0 Å². The van der Waals surface area contributed by atoms with Crippen LogP contribution in [0.15, 0.2) is 24.3 Å². The summed E-state index contributed by atoms with van der Waals surface area (Å²) < 4.78 is 5.53. The van der Waals surface area contributed by atoms with Crippen LogP contribution in [0.2, 0.25) is 0 Å². The third-order valence-corrected chi connectivity index (χ3v) is 3.45. The number of hydrogen-bond donors (Lipinski definition) is 1. The molecule has 1 unspecified atom stereocenters. The van der Waals surface area contributed by atoms with Crippen molar-refractivity contribution >= 4 is 0 Å². The van der Waals surface area contributed by atoms with E-state index in [0.717, 1.165) is 18.9 Å². The quantitative estimate of drug-likeness (QED) is 0.626. The van der Waals surface area contributed by atoms with Crippen LogP contribution in [0.1, 0.15) is 58.4 Å². The fraction of sp³-hybridized carbons (Fsp3) is 0.647. The fourth-order valence-corrected chi connectivity index (χ4v) is 2.27. The molecular weight excluding hydrogens is 234 g/mol. The van der Waals surface area contributed by atoms with E-state index in [1.165, 1.54) is 37.7 Å². The predicted octanol–water partition coefficient (Wildman–Crippen LogP) is 4.53. The van der Waals surface area contributed by atoms with Crippen LogP contribution in [-0.2, 0) is 6.54 Å². The van der Waals surface area contributed by atoms with Crippen LogP contribution in [0.3, 0.4) is 0 Å². The first-order valence-electron chi connectivity index (χ1n) is 7.75. The highest BCUT2D eigenvalue weighted by Gasteiger charge is 2.05. The van der Waals surface area contributed by atoms with Gasteiger partial charge in [-0.25, -0.2) is 0 Å². The van der Waals surface area contributed by atoms with E-state index in [0.29, 0.717) is 6.04 Å². The second-order valence-electron chi connectivity index (χ2n) is 5.06. The molecule has 0 aromatic heterocycles. The normalized spacial score (nSPS) is 12.4. The Kier molecular flexibility index (Phi) is 8.31. The van der Waals surface area contributed by atoms with Crippen molar-refractivity contribution in [3.8, 4) is 5.75 Å². The molecule has 0 aliphatic carbocycles. The Morgan fingerprint density at radius 3 is 2.68 bits per heavy atom. The second-order valence-corrected chi connectivity index (χ2v) is 5.06. The fourth-order valence-electron chi connectivity index (χ4n) is 2.27. The lowest BCUT2D eigenvalue weighted by Crippen LogP contribution is -2.27. The predicted molar refractivity (Wildman–Crippen MR) is 82.7 cm³/mol. The highest BCUT2D eigenvalue weighted by molar-refractivity contribution is 5.28. The van der Waals surface area contributed by atoms with E-state index < -0.39 is 0 Å². The zero-order chi connectivity index (χ0) is 13.9. The first-order chi connectivity index (χ1) is 9.30. The van der Waals surface area contributed by atoms with Crippen LogP contribution < -0.4 is 10.1 Å². The molecule has 0 radical (unpaired) electrons. The minimum absolute atomic E-state index is 0.641. The van der Waals surface area contributed by atoms with Gasteiger partial charge < -0.3 is 10.1 Å². The van der Waals surface area contributed by atoms with Crippen LogP contribution in [0.5, 0.6) is 5.75 Å². The van der Waals surface area contributed by atoms with Crippen molar-refractivity contribution in [3.05, 3.63) is 29.8 Å². The Bertz CT molecular complexity index is 338. The highest BCUT2D eigenvalue weighted by Crippen LogP contribution is 2.14. The van der Waals surface area contributed by atoms with Gasteiger partial charge in [-0.1, -0.05) is 45.2 Å². The van der Waals surface area contributed by atoms with E-state index in [1.54, 1.807) is 0 Å². The zero-order valence-corrected chi connectivity index (χ0v) is 12.7. The summed E-state index contributed by atoms with van der Waals surface area (Å²) in [4.78, 5) is 0. The minimum atomic E-state index is 0.641. The van der Waals surface area contributed by atoms with Gasteiger partial charge in [0, 0.05) is 12.6 Å². The lowest BCUT2D eigenvalue weighted by molar-refractivity contribution is 0.339. The van der Waals surface area contributed by atoms with Crippen LogP contribution in [0, 0.1) is 0 Å². The summed E-state index contributed by atoms with van der Waals surface area (Å²) in [7, 11) is 0. The van der Waals surface area contributed by atoms with Crippen LogP contribution in [0.4, 0.5) is 0 Å². The summed E-state index contributed by atoms with van der Waals surface area (Å²) in [6, 6.07) is 9.03. The van der Waals surface area contributed by atoms with Crippen molar-refractivity contribution in [3.63, 3.8) is 0 Å². The van der Waals surface area contributed by atoms with Gasteiger partial charge in [-0.05, 0) is 37.5 Å². The van der Waals surface area contributed by atoms with Crippen molar-refractivity contribution in [2.75, 3.05) is 6.61 Å². The lowest BCUT2D eigenvalue weighted by Gasteiger charge is -2.17. The maximum atomic E-state index is 5.53. The summed E-state index contributed by atoms with van der Waals surface area (Å²) in [6.45, 7) is 8.20. The number of rotatable bonds is 10. The molecule has 1 aromatic carbocycles. The number of benzene rings is 1. The van der Waals surface area contributed by atoms with E-state index in [4.69, 9.17) is 4.74 Å². The Labute approximate surface area is 118 Å². The standard InChI is InChI=1S/C17H29NO/c1-4-7-8-11-16(5-2)18-14-15-10-9-12-17(13-15)19-6-3/h9-10,12-13,16,18H,4-8,11,14H2,1-3H3. The summed E-state index contributed by atoms with van der Waals surface area (Å²) >= 11 is 0. The molecule has 2 nitrogen and oxygen atoms in total. The van der Waals surface area contributed by atoms with E-state index in [1.807, 2.05) is 13.0 Å². The maximum Gasteiger partial charge on any atom is 0.119 e. The molecule has 0 spiro atoms. The topological polar surface area (TPSA) is 21.3 Å². The lowest BCUT2D eigenvalue weighted by atomic mass is 10.1. The summed E-state index contributed by atoms with van der Waals surface area (Å²) in [5.74, 6) is 0.973. The Balaban J connectivity index is 2.38. The number of hydrogen-bond acceptors (Lipinski definition) is 2. The molecular formula is C17H29NO. The zero-order valence-electron chi connectivity index (χ0n) is 12.7. The monoisotopic (exact) mass is 263 g/mol. The number of unbranched alkanes of at least 4 members (excludes halogenated alkanes) is 2. The first kappa shape index (κ1) is 16.0. The first-order valence-corrected chi connectivity index (χ1v) is 7.75. The van der Waals surface area contributed by atoms with Crippen molar-refractivity contribution in [1.82, 2.24) is 5.32 Å². The molecule has 108 valence electrons. The van der Waals surface area contributed by atoms with E-state index >= 15 is 0 Å². The van der Waals surface area contributed by atoms with E-state index in [2.05, 4.69) is 37.4 Å². The molecule has 1 aromatic rings. The molecule has 0 aliphatic rings. The van der Waals surface area contributed by atoms with Crippen LogP contribution in [-0.4, -0.2) is 12.6 Å². The molecule has 19 heavy (non-hydrogen) atoms. The smallest absolute Gasteiger partial charge is 0.119 e. The molecule has 0 saturated heterocycles. The Hall–Kier alpha value is -1.02. The summed E-state index contributed by atoms with van der Waals surface area (Å²) in [5, 5.41) is 3.66. The van der Waals surface area contributed by atoms with Crippen molar-refractivity contribution < 1.29 is 4.74 Å². The Morgan fingerprint density at radius 1 is 1.16 bits per heavy atom. The third-order valence-electron chi connectivity index (χ3n) is 3.45. The van der Waals surface area contributed by atoms with Gasteiger partial charge in [0.25, 0.3) is 0 Å². The van der Waals surface area contributed by atoms with E-state index in [9.17, 15) is 0 Å². The third kappa shape index (κ3) is 6.63. The van der Waals surface area contributed by atoms with Gasteiger partial charge in [0.15, 0.2) is 0 Å². The molecule has 0 saturated carbocycles. The van der Waals surface area contributed by atoms with Crippen molar-refractivity contribution in [1.29, 1.82) is 0 Å². The molecule has 1 atom stereocenters.